The molecule has 0 aromatic heterocycles. The first kappa shape index (κ1) is 13.8. The molecule has 1 aromatic rings. The first-order chi connectivity index (χ1) is 5.83. The number of rotatable bonds is 0. The standard InChI is InChI=1S/C6H6.2BH3O2/c1-2-4-6-5-3-1;2*2-1-3/h1-6H;2*1-3H. The molecular formula is C6H12B2O4. The van der Waals surface area contributed by atoms with E-state index >= 15 is 0 Å². The predicted molar refractivity (Wildman–Crippen MR) is 49.6 cm³/mol. The second-order valence-electron chi connectivity index (χ2n) is 1.44. The Morgan fingerprint density at radius 2 is 0.583 bits per heavy atom. The molecule has 66 valence electrons. The molecular weight excluding hydrogens is 158 g/mol. The van der Waals surface area contributed by atoms with Gasteiger partial charge in [-0.1, -0.05) is 36.4 Å². The van der Waals surface area contributed by atoms with Crippen molar-refractivity contribution in [2.75, 3.05) is 0 Å². The van der Waals surface area contributed by atoms with E-state index in [9.17, 15) is 0 Å². The van der Waals surface area contributed by atoms with Gasteiger partial charge in [-0.2, -0.15) is 0 Å². The zero-order chi connectivity index (χ0) is 9.66. The second kappa shape index (κ2) is 16.6. The van der Waals surface area contributed by atoms with E-state index in [0.29, 0.717) is 0 Å². The highest BCUT2D eigenvalue weighted by molar-refractivity contribution is 6.13. The van der Waals surface area contributed by atoms with Crippen molar-refractivity contribution in [3.63, 3.8) is 0 Å². The van der Waals surface area contributed by atoms with Crippen LogP contribution in [-0.4, -0.2) is 35.5 Å². The summed E-state index contributed by atoms with van der Waals surface area (Å²) in [7, 11) is -1.50. The summed E-state index contributed by atoms with van der Waals surface area (Å²) in [5.74, 6) is 0. The van der Waals surface area contributed by atoms with Crippen molar-refractivity contribution in [3.8, 4) is 0 Å². The van der Waals surface area contributed by atoms with Crippen molar-refractivity contribution in [1.82, 2.24) is 0 Å². The van der Waals surface area contributed by atoms with Gasteiger partial charge in [0.1, 0.15) is 0 Å². The zero-order valence-electron chi connectivity index (χ0n) is 6.67. The van der Waals surface area contributed by atoms with Gasteiger partial charge in [0.25, 0.3) is 0 Å². The highest BCUT2D eigenvalue weighted by atomic mass is 16.4. The van der Waals surface area contributed by atoms with Crippen LogP contribution in [0.5, 0.6) is 0 Å². The monoisotopic (exact) mass is 170 g/mol. The third-order valence-corrected chi connectivity index (χ3v) is 0.667. The Bertz CT molecular complexity index is 110. The summed E-state index contributed by atoms with van der Waals surface area (Å²) in [6.45, 7) is 0. The summed E-state index contributed by atoms with van der Waals surface area (Å²) in [5, 5.41) is 28.5. The first-order valence-electron chi connectivity index (χ1n) is 3.26. The van der Waals surface area contributed by atoms with Gasteiger partial charge in [-0.25, -0.2) is 0 Å². The molecule has 0 spiro atoms. The minimum absolute atomic E-state index is 0.750. The number of hydrogen-bond acceptors (Lipinski definition) is 4. The molecule has 0 aliphatic carbocycles. The summed E-state index contributed by atoms with van der Waals surface area (Å²) >= 11 is 0. The lowest BCUT2D eigenvalue weighted by Gasteiger charge is -1.69. The number of benzene rings is 1. The summed E-state index contributed by atoms with van der Waals surface area (Å²) in [6, 6.07) is 12.0. The summed E-state index contributed by atoms with van der Waals surface area (Å²) in [6.07, 6.45) is 0. The van der Waals surface area contributed by atoms with E-state index < -0.39 is 15.4 Å². The highest BCUT2D eigenvalue weighted by Gasteiger charge is 1.57. The summed E-state index contributed by atoms with van der Waals surface area (Å²) in [5.41, 5.74) is 0. The SMILES string of the molecule is OBO.OBO.c1ccccc1. The van der Waals surface area contributed by atoms with Crippen LogP contribution in [0.3, 0.4) is 0 Å². The molecule has 0 unspecified atom stereocenters. The Labute approximate surface area is 72.7 Å². The molecule has 4 nitrogen and oxygen atoms in total. The van der Waals surface area contributed by atoms with Crippen LogP contribution in [0, 0.1) is 0 Å². The number of hydrogen-bond donors (Lipinski definition) is 4. The van der Waals surface area contributed by atoms with Gasteiger partial charge in [0.2, 0.25) is 0 Å². The average Bonchev–Trinajstić information content (AvgIpc) is 2.10. The molecule has 0 radical (unpaired) electrons. The second-order valence-corrected chi connectivity index (χ2v) is 1.44. The Hall–Kier alpha value is -0.810. The fourth-order valence-corrected chi connectivity index (χ4v) is 0.385. The van der Waals surface area contributed by atoms with Gasteiger partial charge in [-0.05, 0) is 0 Å². The molecule has 0 aliphatic rings. The first-order valence-corrected chi connectivity index (χ1v) is 3.26. The predicted octanol–water partition coefficient (Wildman–Crippen LogP) is -1.84. The van der Waals surface area contributed by atoms with E-state index in [1.54, 1.807) is 0 Å². The Morgan fingerprint density at radius 3 is 0.667 bits per heavy atom. The van der Waals surface area contributed by atoms with Crippen LogP contribution in [0.1, 0.15) is 0 Å². The van der Waals surface area contributed by atoms with E-state index in [1.807, 2.05) is 36.4 Å². The molecule has 0 bridgehead atoms. The van der Waals surface area contributed by atoms with E-state index in [1.165, 1.54) is 0 Å². The van der Waals surface area contributed by atoms with Crippen LogP contribution < -0.4 is 0 Å². The lowest BCUT2D eigenvalue weighted by molar-refractivity contribution is 0.447. The van der Waals surface area contributed by atoms with Gasteiger partial charge in [-0.3, -0.25) is 0 Å². The van der Waals surface area contributed by atoms with Crippen molar-refractivity contribution in [3.05, 3.63) is 36.4 Å². The normalized spacial score (nSPS) is 6.33. The average molecular weight is 170 g/mol. The molecule has 0 fully saturated rings. The molecule has 4 N–H and O–H groups in total. The fraction of sp³-hybridized carbons (Fsp3) is 0. The lowest BCUT2D eigenvalue weighted by atomic mass is 10.4. The van der Waals surface area contributed by atoms with E-state index in [0.717, 1.165) is 0 Å². The van der Waals surface area contributed by atoms with Crippen molar-refractivity contribution in [2.24, 2.45) is 0 Å². The smallest absolute Gasteiger partial charge is 0.430 e. The fourth-order valence-electron chi connectivity index (χ4n) is 0.385. The van der Waals surface area contributed by atoms with Crippen LogP contribution in [-0.2, 0) is 0 Å². The van der Waals surface area contributed by atoms with Gasteiger partial charge >= 0.3 is 15.4 Å². The van der Waals surface area contributed by atoms with Crippen LogP contribution in [0.2, 0.25) is 0 Å². The summed E-state index contributed by atoms with van der Waals surface area (Å²) < 4.78 is 0. The van der Waals surface area contributed by atoms with Crippen LogP contribution >= 0.6 is 0 Å². The van der Waals surface area contributed by atoms with Gasteiger partial charge in [-0.15, -0.1) is 0 Å². The quantitative estimate of drug-likeness (QED) is 0.345. The maximum Gasteiger partial charge on any atom is 0.432 e. The minimum atomic E-state index is -0.750. The molecule has 0 aliphatic heterocycles. The zero-order valence-corrected chi connectivity index (χ0v) is 6.67. The van der Waals surface area contributed by atoms with Crippen molar-refractivity contribution < 1.29 is 20.1 Å². The molecule has 1 aromatic carbocycles. The third-order valence-electron chi connectivity index (χ3n) is 0.667. The lowest BCUT2D eigenvalue weighted by Crippen LogP contribution is -1.75. The van der Waals surface area contributed by atoms with Gasteiger partial charge in [0.15, 0.2) is 0 Å². The van der Waals surface area contributed by atoms with Crippen molar-refractivity contribution in [2.45, 2.75) is 0 Å². The maximum absolute atomic E-state index is 7.12. The molecule has 12 heavy (non-hydrogen) atoms. The highest BCUT2D eigenvalue weighted by Crippen LogP contribution is 1.79. The topological polar surface area (TPSA) is 80.9 Å². The Morgan fingerprint density at radius 1 is 0.500 bits per heavy atom. The molecule has 0 atom stereocenters. The summed E-state index contributed by atoms with van der Waals surface area (Å²) in [4.78, 5) is 0. The molecule has 0 saturated carbocycles. The Kier molecular flexibility index (Phi) is 19.1. The minimum Gasteiger partial charge on any atom is -0.430 e. The van der Waals surface area contributed by atoms with Gasteiger partial charge < -0.3 is 20.1 Å². The molecule has 0 saturated heterocycles. The van der Waals surface area contributed by atoms with E-state index in [4.69, 9.17) is 20.1 Å². The molecule has 1 rings (SSSR count). The Balaban J connectivity index is 0. The molecule has 0 heterocycles. The maximum atomic E-state index is 7.12. The van der Waals surface area contributed by atoms with E-state index in [-0.39, 0.29) is 0 Å². The van der Waals surface area contributed by atoms with Gasteiger partial charge in [0.05, 0.1) is 0 Å². The van der Waals surface area contributed by atoms with Gasteiger partial charge in [0, 0.05) is 0 Å². The van der Waals surface area contributed by atoms with Crippen molar-refractivity contribution in [1.29, 1.82) is 0 Å². The van der Waals surface area contributed by atoms with Crippen LogP contribution in [0.25, 0.3) is 0 Å². The molecule has 6 heteroatoms. The largest absolute Gasteiger partial charge is 0.432 e. The third kappa shape index (κ3) is 22.9. The molecule has 0 amide bonds. The van der Waals surface area contributed by atoms with Crippen LogP contribution in [0.15, 0.2) is 36.4 Å². The van der Waals surface area contributed by atoms with Crippen LogP contribution in [0.4, 0.5) is 0 Å². The van der Waals surface area contributed by atoms with Crippen molar-refractivity contribution >= 4 is 15.4 Å². The van der Waals surface area contributed by atoms with E-state index in [2.05, 4.69) is 0 Å².